The third kappa shape index (κ3) is 4.56. The second-order valence-electron chi connectivity index (χ2n) is 7.57. The first-order valence-corrected chi connectivity index (χ1v) is 10.1. The lowest BCUT2D eigenvalue weighted by molar-refractivity contribution is -0.138. The van der Waals surface area contributed by atoms with E-state index in [0.29, 0.717) is 5.56 Å². The van der Waals surface area contributed by atoms with Crippen LogP contribution < -0.4 is 4.90 Å². The monoisotopic (exact) mass is 434 g/mol. The van der Waals surface area contributed by atoms with Crippen molar-refractivity contribution >= 4 is 23.4 Å². The summed E-state index contributed by atoms with van der Waals surface area (Å²) in [6.07, 6.45) is -0.130. The minimum atomic E-state index is -1.01. The van der Waals surface area contributed by atoms with E-state index in [1.54, 1.807) is 12.1 Å². The highest BCUT2D eigenvalue weighted by molar-refractivity contribution is 6.23. The van der Waals surface area contributed by atoms with Crippen LogP contribution in [0.2, 0.25) is 0 Å². The van der Waals surface area contributed by atoms with Gasteiger partial charge in [-0.05, 0) is 47.5 Å². The maximum Gasteiger partial charge on any atom is 0.257 e. The number of hydrogen-bond donors (Lipinski definition) is 0. The Hall–Kier alpha value is -3.87. The molecule has 0 aliphatic carbocycles. The summed E-state index contributed by atoms with van der Waals surface area (Å²) in [7, 11) is 0. The summed E-state index contributed by atoms with van der Waals surface area (Å²) in [6.45, 7) is 0.0485. The Morgan fingerprint density at radius 1 is 0.844 bits per heavy atom. The molecule has 0 spiro atoms. The molecule has 0 aromatic heterocycles. The molecule has 0 saturated carbocycles. The van der Waals surface area contributed by atoms with E-state index < -0.39 is 29.5 Å². The number of imide groups is 1. The summed E-state index contributed by atoms with van der Waals surface area (Å²) >= 11 is 0. The summed E-state index contributed by atoms with van der Waals surface area (Å²) in [4.78, 5) is 41.5. The van der Waals surface area contributed by atoms with Crippen LogP contribution in [-0.4, -0.2) is 28.7 Å². The van der Waals surface area contributed by atoms with Gasteiger partial charge in [0.05, 0.1) is 18.5 Å². The van der Waals surface area contributed by atoms with Crippen LogP contribution in [0.4, 0.5) is 14.5 Å². The highest BCUT2D eigenvalue weighted by Crippen LogP contribution is 2.27. The number of nitrogens with zero attached hydrogens (tertiary/aromatic N) is 2. The zero-order chi connectivity index (χ0) is 22.7. The zero-order valence-electron chi connectivity index (χ0n) is 17.1. The predicted molar refractivity (Wildman–Crippen MR) is 114 cm³/mol. The van der Waals surface area contributed by atoms with Gasteiger partial charge in [-0.15, -0.1) is 0 Å². The predicted octanol–water partition coefficient (Wildman–Crippen LogP) is 3.87. The van der Waals surface area contributed by atoms with Crippen LogP contribution >= 0.6 is 0 Å². The fourth-order valence-electron chi connectivity index (χ4n) is 3.75. The number of rotatable bonds is 6. The van der Waals surface area contributed by atoms with Crippen LogP contribution in [0.3, 0.4) is 0 Å². The van der Waals surface area contributed by atoms with Gasteiger partial charge >= 0.3 is 0 Å². The van der Waals surface area contributed by atoms with Gasteiger partial charge in [-0.1, -0.05) is 42.5 Å². The molecule has 162 valence electrons. The zero-order valence-corrected chi connectivity index (χ0v) is 17.1. The SMILES string of the molecule is O=C1CC(N(Cc2ccc(F)cc2)C(=O)Cc2ccccc2)C(=O)N1c1ccc(F)cc1. The molecule has 1 aliphatic rings. The minimum absolute atomic E-state index is 0.0485. The Morgan fingerprint density at radius 2 is 1.44 bits per heavy atom. The van der Waals surface area contributed by atoms with Gasteiger partial charge in [0.25, 0.3) is 5.91 Å². The van der Waals surface area contributed by atoms with E-state index in [1.165, 1.54) is 53.4 Å². The highest BCUT2D eigenvalue weighted by Gasteiger charge is 2.44. The number of carbonyl (C=O) groups excluding carboxylic acids is 3. The third-order valence-electron chi connectivity index (χ3n) is 5.37. The van der Waals surface area contributed by atoms with E-state index in [9.17, 15) is 23.2 Å². The number of hydrogen-bond acceptors (Lipinski definition) is 3. The van der Waals surface area contributed by atoms with E-state index in [0.717, 1.165) is 10.5 Å². The topological polar surface area (TPSA) is 57.7 Å². The first-order chi connectivity index (χ1) is 15.4. The second-order valence-corrected chi connectivity index (χ2v) is 7.57. The maximum absolute atomic E-state index is 13.3. The Morgan fingerprint density at radius 3 is 2.06 bits per heavy atom. The van der Waals surface area contributed by atoms with Crippen LogP contribution in [0.1, 0.15) is 17.5 Å². The van der Waals surface area contributed by atoms with Gasteiger partial charge in [-0.3, -0.25) is 14.4 Å². The van der Waals surface area contributed by atoms with Gasteiger partial charge in [0.15, 0.2) is 0 Å². The van der Waals surface area contributed by atoms with Crippen molar-refractivity contribution in [2.75, 3.05) is 4.90 Å². The fourth-order valence-corrected chi connectivity index (χ4v) is 3.75. The quantitative estimate of drug-likeness (QED) is 0.554. The van der Waals surface area contributed by atoms with Crippen molar-refractivity contribution in [2.45, 2.75) is 25.4 Å². The van der Waals surface area contributed by atoms with Crippen LogP contribution in [0.5, 0.6) is 0 Å². The van der Waals surface area contributed by atoms with E-state index in [2.05, 4.69) is 0 Å². The first kappa shape index (κ1) is 21.4. The summed E-state index contributed by atoms with van der Waals surface area (Å²) < 4.78 is 26.6. The molecule has 1 atom stereocenters. The number of anilines is 1. The average molecular weight is 434 g/mol. The van der Waals surface area contributed by atoms with Crippen molar-refractivity contribution in [1.29, 1.82) is 0 Å². The molecule has 3 aromatic carbocycles. The van der Waals surface area contributed by atoms with Crippen LogP contribution in [0.15, 0.2) is 78.9 Å². The fraction of sp³-hybridized carbons (Fsp3) is 0.160. The van der Waals surface area contributed by atoms with Crippen molar-refractivity contribution in [3.05, 3.63) is 102 Å². The molecule has 7 heteroatoms. The van der Waals surface area contributed by atoms with Crippen molar-refractivity contribution in [3.8, 4) is 0 Å². The van der Waals surface area contributed by atoms with Crippen LogP contribution in [-0.2, 0) is 27.3 Å². The number of benzene rings is 3. The summed E-state index contributed by atoms with van der Waals surface area (Å²) in [6, 6.07) is 18.7. The van der Waals surface area contributed by atoms with E-state index >= 15 is 0 Å². The van der Waals surface area contributed by atoms with Crippen LogP contribution in [0.25, 0.3) is 0 Å². The second kappa shape index (κ2) is 9.09. The number of halogens is 2. The molecule has 1 fully saturated rings. The molecular formula is C25H20F2N2O3. The molecule has 0 N–H and O–H groups in total. The van der Waals surface area contributed by atoms with Crippen molar-refractivity contribution in [1.82, 2.24) is 4.90 Å². The maximum atomic E-state index is 13.3. The molecule has 32 heavy (non-hydrogen) atoms. The molecule has 1 unspecified atom stereocenters. The highest BCUT2D eigenvalue weighted by atomic mass is 19.1. The molecule has 0 radical (unpaired) electrons. The smallest absolute Gasteiger partial charge is 0.257 e. The first-order valence-electron chi connectivity index (χ1n) is 10.1. The Bertz CT molecular complexity index is 1130. The van der Waals surface area contributed by atoms with Gasteiger partial charge < -0.3 is 4.90 Å². The van der Waals surface area contributed by atoms with Crippen LogP contribution in [0, 0.1) is 11.6 Å². The lowest BCUT2D eigenvalue weighted by atomic mass is 10.1. The molecule has 5 nitrogen and oxygen atoms in total. The van der Waals surface area contributed by atoms with Gasteiger partial charge in [-0.2, -0.15) is 0 Å². The minimum Gasteiger partial charge on any atom is -0.325 e. The number of amides is 3. The molecule has 1 saturated heterocycles. The van der Waals surface area contributed by atoms with Gasteiger partial charge in [0.2, 0.25) is 11.8 Å². The third-order valence-corrected chi connectivity index (χ3v) is 5.37. The lowest BCUT2D eigenvalue weighted by Gasteiger charge is -2.28. The largest absolute Gasteiger partial charge is 0.325 e. The average Bonchev–Trinajstić information content (AvgIpc) is 3.08. The van der Waals surface area contributed by atoms with Gasteiger partial charge in [0, 0.05) is 6.54 Å². The van der Waals surface area contributed by atoms with Gasteiger partial charge in [0.1, 0.15) is 17.7 Å². The Labute approximate surface area is 183 Å². The molecule has 4 rings (SSSR count). The molecular weight excluding hydrogens is 414 g/mol. The standard InChI is InChI=1S/C25H20F2N2O3/c26-19-8-6-18(7-9-19)16-28(23(30)14-17-4-2-1-3-5-17)22-15-24(31)29(25(22)32)21-12-10-20(27)11-13-21/h1-13,22H,14-16H2. The number of carbonyl (C=O) groups is 3. The van der Waals surface area contributed by atoms with E-state index in [4.69, 9.17) is 0 Å². The molecule has 1 aliphatic heterocycles. The van der Waals surface area contributed by atoms with Crippen molar-refractivity contribution in [2.24, 2.45) is 0 Å². The molecule has 1 heterocycles. The molecule has 3 amide bonds. The molecule has 3 aromatic rings. The van der Waals surface area contributed by atoms with Gasteiger partial charge in [-0.25, -0.2) is 13.7 Å². The molecule has 0 bridgehead atoms. The van der Waals surface area contributed by atoms with Crippen molar-refractivity contribution < 1.29 is 23.2 Å². The lowest BCUT2D eigenvalue weighted by Crippen LogP contribution is -2.45. The van der Waals surface area contributed by atoms with E-state index in [-0.39, 0.29) is 31.0 Å². The Kier molecular flexibility index (Phi) is 6.07. The normalized spacial score (nSPS) is 15.8. The van der Waals surface area contributed by atoms with Crippen molar-refractivity contribution in [3.63, 3.8) is 0 Å². The summed E-state index contributed by atoms with van der Waals surface area (Å²) in [5, 5.41) is 0. The summed E-state index contributed by atoms with van der Waals surface area (Å²) in [5.74, 6) is -2.24. The summed E-state index contributed by atoms with van der Waals surface area (Å²) in [5.41, 5.74) is 1.66. The Balaban J connectivity index is 1.63. The van der Waals surface area contributed by atoms with E-state index in [1.807, 2.05) is 18.2 Å².